The molecule has 2 bridgehead atoms. The van der Waals surface area contributed by atoms with Gasteiger partial charge in [-0.1, -0.05) is 35.5 Å². The Bertz CT molecular complexity index is 5430. The van der Waals surface area contributed by atoms with Gasteiger partial charge in [0.15, 0.2) is 11.2 Å². The lowest BCUT2D eigenvalue weighted by Crippen LogP contribution is -2.62. The van der Waals surface area contributed by atoms with E-state index in [0.29, 0.717) is 16.9 Å². The predicted octanol–water partition coefficient (Wildman–Crippen LogP) is -8.22. The molecule has 54 heteroatoms. The van der Waals surface area contributed by atoms with Crippen molar-refractivity contribution >= 4 is 124 Å². The number of fused-ring (bicyclic) bond motifs is 3. The van der Waals surface area contributed by atoms with Crippen LogP contribution in [0.15, 0.2) is 96.8 Å². The lowest BCUT2D eigenvalue weighted by atomic mass is 10.0. The maximum Gasteiger partial charge on any atom is 0.326 e. The quantitative estimate of drug-likeness (QED) is 0.0160. The van der Waals surface area contributed by atoms with Crippen LogP contribution < -0.4 is 80.4 Å². The third-order valence-electron chi connectivity index (χ3n) is 22.2. The topological polar surface area (TPSA) is 787 Å². The maximum absolute atomic E-state index is 14.9. The first-order valence-electron chi connectivity index (χ1n) is 44.5. The maximum atomic E-state index is 14.9. The van der Waals surface area contributed by atoms with Gasteiger partial charge in [0.2, 0.25) is 70.9 Å². The van der Waals surface area contributed by atoms with Crippen LogP contribution in [0.2, 0.25) is 0 Å². The molecule has 9 rings (SSSR count). The SMILES string of the molecule is C[C@@H]1NC(=O)[C@H]([C@@H](C)O)NC(=O)[C@H](Cc2cnc[nH]2)NC(=O)[C@H](CO)NC(=O)[C@H](Cc2cnc[nH]2)NC(=O)[C@H](NC(=O)CC[C@H](NC(=O)c2ccc(NCc3cnc4nc(N)[nH]c(=O)c4n3)cc2)C(=O)O)Cc2cn(nn2)CCCC[C@H](C(=O)NCC(=O)N[C@H](Cc2ccccc2)C(=O)N[C@H](CCCCNC(=O)CN2CCN(CC(=O)O)CCN(CC(=O)O)CCN(CC(=O)O)CC2)C(=O)O)NC1=O. The minimum absolute atomic E-state index is 0.00177. The number of aromatic amines is 3. The largest absolute Gasteiger partial charge is 0.480 e. The number of benzene rings is 2. The van der Waals surface area contributed by atoms with Crippen LogP contribution in [0.1, 0.15) is 104 Å². The summed E-state index contributed by atoms with van der Waals surface area (Å²) in [6.07, 6.45) is 3.43. The Morgan fingerprint density at radius 2 is 1.15 bits per heavy atom. The molecule has 25 N–H and O–H groups in total. The molecule has 7 aromatic rings. The summed E-state index contributed by atoms with van der Waals surface area (Å²) < 4.78 is 1.31. The number of anilines is 2. The number of carbonyl (C=O) groups is 17. The fourth-order valence-electron chi connectivity index (χ4n) is 14.7. The van der Waals surface area contributed by atoms with Gasteiger partial charge in [-0.25, -0.2) is 29.5 Å². The van der Waals surface area contributed by atoms with Gasteiger partial charge in [0, 0.05) is 139 Å². The molecule has 0 spiro atoms. The van der Waals surface area contributed by atoms with Crippen LogP contribution in [0.5, 0.6) is 0 Å². The number of aryl methyl sites for hydroxylation is 1. The van der Waals surface area contributed by atoms with Crippen molar-refractivity contribution in [2.24, 2.45) is 0 Å². The molecule has 7 heterocycles. The summed E-state index contributed by atoms with van der Waals surface area (Å²) >= 11 is 0. The molecular weight excluding hydrogens is 1830 g/mol. The Morgan fingerprint density at radius 3 is 1.73 bits per heavy atom. The summed E-state index contributed by atoms with van der Waals surface area (Å²) in [5.74, 6) is -18.5. The average molecular weight is 1940 g/mol. The van der Waals surface area contributed by atoms with Crippen LogP contribution in [0.4, 0.5) is 11.6 Å². The number of unbranched alkanes of at least 4 members (excludes halogenated alkanes) is 1. The summed E-state index contributed by atoms with van der Waals surface area (Å²) in [5, 5.41) is 113. The number of nitrogens with two attached hydrogens (primary N) is 1. The van der Waals surface area contributed by atoms with Crippen LogP contribution in [0, 0.1) is 0 Å². The Labute approximate surface area is 791 Å². The number of hydrogen-bond acceptors (Lipinski definition) is 33. The number of hydrogen-bond donors (Lipinski definition) is 24. The molecule has 750 valence electrons. The van der Waals surface area contributed by atoms with Crippen molar-refractivity contribution in [1.29, 1.82) is 0 Å². The summed E-state index contributed by atoms with van der Waals surface area (Å²) in [4.78, 5) is 279. The third-order valence-corrected chi connectivity index (χ3v) is 22.2. The first-order valence-corrected chi connectivity index (χ1v) is 44.5. The second-order valence-corrected chi connectivity index (χ2v) is 33.1. The molecule has 0 radical (unpaired) electrons. The highest BCUT2D eigenvalue weighted by molar-refractivity contribution is 6.00. The molecule has 11 atom stereocenters. The molecule has 54 nitrogen and oxygen atoms in total. The van der Waals surface area contributed by atoms with Gasteiger partial charge in [-0.3, -0.25) is 106 Å². The van der Waals surface area contributed by atoms with Crippen molar-refractivity contribution < 1.29 is 117 Å². The summed E-state index contributed by atoms with van der Waals surface area (Å²) in [5.41, 5.74) is 6.78. The Morgan fingerprint density at radius 1 is 0.576 bits per heavy atom. The number of nitrogens with zero attached hydrogens (tertiary/aromatic N) is 12. The van der Waals surface area contributed by atoms with E-state index in [0.717, 1.165) is 6.92 Å². The monoisotopic (exact) mass is 1940 g/mol. The average Bonchev–Trinajstić information content (AvgIpc) is 1.55. The number of aliphatic carboxylic acids is 5. The smallest absolute Gasteiger partial charge is 0.326 e. The molecule has 2 aliphatic rings. The molecule has 12 amide bonds. The number of aliphatic hydroxyl groups is 2. The van der Waals surface area contributed by atoms with Crippen LogP contribution >= 0.6 is 0 Å². The number of amides is 12. The Hall–Kier alpha value is -15.4. The van der Waals surface area contributed by atoms with Gasteiger partial charge in [0.1, 0.15) is 60.4 Å². The number of imidazole rings is 2. The second-order valence-electron chi connectivity index (χ2n) is 33.1. The molecule has 0 aliphatic carbocycles. The normalized spacial score (nSPS) is 19.7. The van der Waals surface area contributed by atoms with Gasteiger partial charge in [-0.05, 0) is 88.6 Å². The molecule has 0 unspecified atom stereocenters. The minimum Gasteiger partial charge on any atom is -0.480 e. The van der Waals surface area contributed by atoms with Crippen molar-refractivity contribution in [2.75, 3.05) is 109 Å². The predicted molar refractivity (Wildman–Crippen MR) is 485 cm³/mol. The van der Waals surface area contributed by atoms with E-state index in [1.54, 1.807) is 49.9 Å². The number of rotatable bonds is 38. The molecule has 0 saturated carbocycles. The van der Waals surface area contributed by atoms with Crippen LogP contribution in [0.3, 0.4) is 0 Å². The zero-order chi connectivity index (χ0) is 101. The molecule has 1 saturated heterocycles. The first-order chi connectivity index (χ1) is 66.4. The van der Waals surface area contributed by atoms with Gasteiger partial charge in [-0.2, -0.15) is 4.98 Å². The van der Waals surface area contributed by atoms with E-state index in [2.05, 4.69) is 119 Å². The van der Waals surface area contributed by atoms with Crippen molar-refractivity contribution in [3.63, 3.8) is 0 Å². The van der Waals surface area contributed by atoms with Gasteiger partial charge in [0.05, 0.1) is 82.2 Å². The van der Waals surface area contributed by atoms with Crippen molar-refractivity contribution in [1.82, 2.24) is 138 Å². The molecular formula is C85H115N29O25. The lowest BCUT2D eigenvalue weighted by Gasteiger charge is -2.32. The van der Waals surface area contributed by atoms with E-state index in [1.807, 2.05) is 0 Å². The van der Waals surface area contributed by atoms with Crippen molar-refractivity contribution in [3.05, 3.63) is 136 Å². The Balaban J connectivity index is 0.882. The molecule has 1 fully saturated rings. The van der Waals surface area contributed by atoms with E-state index in [4.69, 9.17) is 5.73 Å². The van der Waals surface area contributed by atoms with Crippen molar-refractivity contribution in [2.45, 2.75) is 171 Å². The van der Waals surface area contributed by atoms with Crippen molar-refractivity contribution in [3.8, 4) is 0 Å². The summed E-state index contributed by atoms with van der Waals surface area (Å²) in [6, 6.07) is -2.82. The zero-order valence-electron chi connectivity index (χ0n) is 75.9. The summed E-state index contributed by atoms with van der Waals surface area (Å²) in [7, 11) is 0. The number of aromatic nitrogens is 11. The van der Waals surface area contributed by atoms with E-state index in [-0.39, 0.29) is 183 Å². The standard InChI is InChI=1S/C85H115N29O25/c1-47-73(126)99-56(75(128)92-38-65(118)98-59(30-49-10-4-3-5-11-49)76(129)101-57(83(136)137)13-6-8-20-89-66(119)40-110-22-24-111(41-67(120)121)26-28-113(43-69(124)125)29-27-112(25-23-110)42-68(122)123)12-7-9-21-114-39-54(108-109-114)33-60(97-64(117)19-18-58(84(138)139)100-74(127)50-14-16-51(17-15-50)90-36-55-37-91-72-71(96-55)82(135)107-85(86)106-72)77(130)102-61(31-52-34-87-45-93-52)78(131)104-63(44-115)80(133)103-62(32-53-35-88-46-94-53)79(132)105-70(48(2)116)81(134)95-47/h3-5,10-11,14-17,34-35,37,39,45-48,56-63,70,90,115-116H,6-9,12-13,18-33,36,38,40-44H2,1-2H3,(H,87,93)(H,88,94)(H,89,119)(H,92,128)(H,95,134)(H,97,117)(H,98,118)(H,99,126)(H,100,127)(H,101,129)(H,102,130)(H,103,133)(H,104,131)(H,105,132)(H,120,121)(H,122,123)(H,124,125)(H,136,137)(H,138,139)(H3,86,91,106,107,135)/t47-,48+,56+,57+,58-,59+,60+,61-,62-,63-,70-/m0/s1. The first kappa shape index (κ1) is 107. The highest BCUT2D eigenvalue weighted by atomic mass is 16.4. The van der Waals surface area contributed by atoms with Gasteiger partial charge < -0.3 is 121 Å². The lowest BCUT2D eigenvalue weighted by molar-refractivity contribution is -0.142. The number of carboxylic acids is 5. The van der Waals surface area contributed by atoms with Gasteiger partial charge >= 0.3 is 29.8 Å². The molecule has 2 aliphatic heterocycles. The molecule has 2 aromatic carbocycles. The number of carbonyl (C=O) groups excluding carboxylic acids is 12. The molecule has 139 heavy (non-hydrogen) atoms. The van der Waals surface area contributed by atoms with Crippen LogP contribution in [0.25, 0.3) is 11.2 Å². The highest BCUT2D eigenvalue weighted by Gasteiger charge is 2.38. The van der Waals surface area contributed by atoms with E-state index in [9.17, 15) is 122 Å². The number of carboxylic acid groups (broad SMARTS) is 5. The van der Waals surface area contributed by atoms with E-state index < -0.39 is 218 Å². The summed E-state index contributed by atoms with van der Waals surface area (Å²) in [6.45, 7) is 0.395. The number of nitrogens with one attached hydrogen (secondary N) is 16. The van der Waals surface area contributed by atoms with Gasteiger partial charge in [0.25, 0.3) is 11.5 Å². The zero-order valence-corrected chi connectivity index (χ0v) is 75.9. The fraction of sp³-hybridized carbons (Fsp3) is 0.494. The number of H-pyrrole nitrogens is 3. The third kappa shape index (κ3) is 36.0. The molecule has 5 aromatic heterocycles. The van der Waals surface area contributed by atoms with E-state index >= 15 is 0 Å². The van der Waals surface area contributed by atoms with Crippen LogP contribution in [-0.4, -0.2) is 376 Å². The second kappa shape index (κ2) is 53.8. The minimum atomic E-state index is -1.92. The van der Waals surface area contributed by atoms with Gasteiger partial charge in [-0.15, -0.1) is 5.10 Å². The highest BCUT2D eigenvalue weighted by Crippen LogP contribution is 2.17. The van der Waals surface area contributed by atoms with E-state index in [1.165, 1.54) is 73.3 Å². The van der Waals surface area contributed by atoms with Crippen LogP contribution in [-0.2, 0) is 115 Å². The fourth-order valence-corrected chi connectivity index (χ4v) is 14.7. The number of nitrogen functional groups attached to an aromatic ring is 1. The Kier molecular flexibility index (Phi) is 41.5. The number of aliphatic hydroxyl groups excluding tert-OH is 2.